The van der Waals surface area contributed by atoms with E-state index in [1.54, 1.807) is 6.08 Å². The fraction of sp³-hybridized carbons (Fsp3) is 0.571. The Morgan fingerprint density at radius 2 is 1.67 bits per heavy atom. The maximum atomic E-state index is 11.0. The number of amides is 1. The van der Waals surface area contributed by atoms with Gasteiger partial charge in [0.2, 0.25) is 5.91 Å². The first-order valence-electron chi connectivity index (χ1n) is 9.37. The highest BCUT2D eigenvalue weighted by Gasteiger charge is 1.98. The minimum Gasteiger partial charge on any atom is -0.481 e. The van der Waals surface area contributed by atoms with Crippen LogP contribution in [0.5, 0.6) is 0 Å². The lowest BCUT2D eigenvalue weighted by atomic mass is 10.1. The van der Waals surface area contributed by atoms with E-state index in [1.165, 1.54) is 24.8 Å². The van der Waals surface area contributed by atoms with Crippen molar-refractivity contribution in [2.75, 3.05) is 20.1 Å². The highest BCUT2D eigenvalue weighted by atomic mass is 16.4. The van der Waals surface area contributed by atoms with Gasteiger partial charge in [0.1, 0.15) is 6.29 Å². The van der Waals surface area contributed by atoms with Gasteiger partial charge in [-0.15, -0.1) is 0 Å². The molecular formula is C21H38N2O4. The summed E-state index contributed by atoms with van der Waals surface area (Å²) in [7, 11) is 1.94. The molecule has 0 saturated carbocycles. The first-order chi connectivity index (χ1) is 12.9. The molecule has 156 valence electrons. The molecule has 0 bridgehead atoms. The van der Waals surface area contributed by atoms with Crippen LogP contribution in [0.25, 0.3) is 0 Å². The van der Waals surface area contributed by atoms with Gasteiger partial charge >= 0.3 is 0 Å². The molecule has 0 atom stereocenters. The van der Waals surface area contributed by atoms with Crippen LogP contribution in [0.3, 0.4) is 0 Å². The number of carboxylic acid groups (broad SMARTS) is 1. The van der Waals surface area contributed by atoms with Crippen LogP contribution >= 0.6 is 0 Å². The highest BCUT2D eigenvalue weighted by molar-refractivity contribution is 5.78. The van der Waals surface area contributed by atoms with Crippen molar-refractivity contribution < 1.29 is 19.5 Å². The number of carboxylic acids is 1. The van der Waals surface area contributed by atoms with Crippen molar-refractivity contribution in [3.8, 4) is 0 Å². The van der Waals surface area contributed by atoms with Crippen LogP contribution in [0, 0.1) is 0 Å². The number of hydrogen-bond donors (Lipinski definition) is 3. The number of rotatable bonds is 13. The van der Waals surface area contributed by atoms with E-state index in [9.17, 15) is 9.59 Å². The third-order valence-corrected chi connectivity index (χ3v) is 3.15. The molecule has 0 rings (SSSR count). The van der Waals surface area contributed by atoms with Gasteiger partial charge in [-0.3, -0.25) is 9.59 Å². The van der Waals surface area contributed by atoms with Crippen LogP contribution < -0.4 is 10.6 Å². The SMILES string of the molecule is C=C/C=C(\C=C)CCNC.CC(=O)O.CCCCCCCC(=O)NCC=O. The van der Waals surface area contributed by atoms with E-state index in [0.29, 0.717) is 12.7 Å². The number of nitrogens with one attached hydrogen (secondary N) is 2. The van der Waals surface area contributed by atoms with E-state index in [0.717, 1.165) is 32.7 Å². The van der Waals surface area contributed by atoms with Gasteiger partial charge in [0.15, 0.2) is 0 Å². The lowest BCUT2D eigenvalue weighted by molar-refractivity contribution is -0.134. The lowest BCUT2D eigenvalue weighted by Crippen LogP contribution is -2.24. The summed E-state index contributed by atoms with van der Waals surface area (Å²) in [5.41, 5.74) is 1.23. The molecule has 0 unspecified atom stereocenters. The molecule has 0 radical (unpaired) electrons. The Morgan fingerprint density at radius 1 is 1.07 bits per heavy atom. The molecular weight excluding hydrogens is 344 g/mol. The molecule has 3 N–H and O–H groups in total. The molecule has 0 fully saturated rings. The molecule has 1 amide bonds. The maximum absolute atomic E-state index is 11.0. The number of carbonyl (C=O) groups is 3. The monoisotopic (exact) mass is 382 g/mol. The van der Waals surface area contributed by atoms with E-state index < -0.39 is 5.97 Å². The molecule has 27 heavy (non-hydrogen) atoms. The van der Waals surface area contributed by atoms with Gasteiger partial charge in [-0.05, 0) is 32.0 Å². The summed E-state index contributed by atoms with van der Waals surface area (Å²) >= 11 is 0. The number of allylic oxidation sites excluding steroid dienone is 3. The average molecular weight is 383 g/mol. The molecule has 0 aliphatic rings. The lowest BCUT2D eigenvalue weighted by Gasteiger charge is -2.00. The van der Waals surface area contributed by atoms with Crippen LogP contribution in [0.1, 0.15) is 58.8 Å². The summed E-state index contributed by atoms with van der Waals surface area (Å²) in [5.74, 6) is -0.844. The number of aliphatic carboxylic acids is 1. The predicted molar refractivity (Wildman–Crippen MR) is 113 cm³/mol. The summed E-state index contributed by atoms with van der Waals surface area (Å²) in [6.45, 7) is 11.7. The minimum absolute atomic E-state index is 0.0106. The van der Waals surface area contributed by atoms with Crippen LogP contribution in [0.15, 0.2) is 37.0 Å². The summed E-state index contributed by atoms with van der Waals surface area (Å²) < 4.78 is 0. The Balaban J connectivity index is -0.000000364. The fourth-order valence-electron chi connectivity index (χ4n) is 1.81. The van der Waals surface area contributed by atoms with Gasteiger partial charge in [0.25, 0.3) is 5.97 Å². The van der Waals surface area contributed by atoms with Crippen LogP contribution in [-0.2, 0) is 14.4 Å². The molecule has 6 heteroatoms. The first kappa shape index (κ1) is 29.5. The Kier molecular flexibility index (Phi) is 28.5. The Labute approximate surface area is 164 Å². The van der Waals surface area contributed by atoms with Crippen LogP contribution in [-0.4, -0.2) is 43.4 Å². The van der Waals surface area contributed by atoms with Crippen molar-refractivity contribution in [1.29, 1.82) is 0 Å². The van der Waals surface area contributed by atoms with Gasteiger partial charge < -0.3 is 20.5 Å². The van der Waals surface area contributed by atoms with Gasteiger partial charge in [-0.1, -0.05) is 64.0 Å². The van der Waals surface area contributed by atoms with Crippen molar-refractivity contribution in [2.24, 2.45) is 0 Å². The Morgan fingerprint density at radius 3 is 2.11 bits per heavy atom. The van der Waals surface area contributed by atoms with E-state index in [1.807, 2.05) is 19.2 Å². The Hall–Kier alpha value is -2.21. The van der Waals surface area contributed by atoms with E-state index in [2.05, 4.69) is 30.7 Å². The third kappa shape index (κ3) is 35.7. The molecule has 0 aliphatic heterocycles. The van der Waals surface area contributed by atoms with Crippen molar-refractivity contribution >= 4 is 18.2 Å². The molecule has 0 spiro atoms. The molecule has 0 aromatic rings. The van der Waals surface area contributed by atoms with Crippen molar-refractivity contribution in [3.63, 3.8) is 0 Å². The van der Waals surface area contributed by atoms with Gasteiger partial charge in [-0.2, -0.15) is 0 Å². The van der Waals surface area contributed by atoms with E-state index in [4.69, 9.17) is 9.90 Å². The summed E-state index contributed by atoms with van der Waals surface area (Å²) in [5, 5.41) is 13.0. The van der Waals surface area contributed by atoms with Gasteiger partial charge in [0, 0.05) is 13.3 Å². The second-order valence-electron chi connectivity index (χ2n) is 5.69. The highest BCUT2D eigenvalue weighted by Crippen LogP contribution is 2.04. The van der Waals surface area contributed by atoms with Crippen molar-refractivity contribution in [3.05, 3.63) is 37.0 Å². The zero-order valence-corrected chi connectivity index (χ0v) is 17.3. The summed E-state index contributed by atoms with van der Waals surface area (Å²) in [6, 6.07) is 0. The second-order valence-corrected chi connectivity index (χ2v) is 5.69. The average Bonchev–Trinajstić information content (AvgIpc) is 2.63. The Bertz CT molecular complexity index is 428. The summed E-state index contributed by atoms with van der Waals surface area (Å²) in [4.78, 5) is 29.9. The topological polar surface area (TPSA) is 95.5 Å². The zero-order valence-electron chi connectivity index (χ0n) is 17.3. The molecule has 0 aliphatic carbocycles. The maximum Gasteiger partial charge on any atom is 0.300 e. The zero-order chi connectivity index (χ0) is 21.3. The predicted octanol–water partition coefficient (Wildman–Crippen LogP) is 3.65. The number of carbonyl (C=O) groups excluding carboxylic acids is 2. The van der Waals surface area contributed by atoms with E-state index >= 15 is 0 Å². The second kappa shape index (κ2) is 26.0. The molecule has 6 nitrogen and oxygen atoms in total. The fourth-order valence-corrected chi connectivity index (χ4v) is 1.81. The normalized spacial score (nSPS) is 9.67. The summed E-state index contributed by atoms with van der Waals surface area (Å²) in [6.07, 6.45) is 13.6. The number of unbranched alkanes of at least 4 members (excludes halogenated alkanes) is 4. The quantitative estimate of drug-likeness (QED) is 0.257. The van der Waals surface area contributed by atoms with Crippen LogP contribution in [0.2, 0.25) is 0 Å². The molecule has 0 aromatic heterocycles. The van der Waals surface area contributed by atoms with Crippen molar-refractivity contribution in [1.82, 2.24) is 10.6 Å². The number of hydrogen-bond acceptors (Lipinski definition) is 4. The molecule has 0 saturated heterocycles. The standard InChI is InChI=1S/C10H19NO2.C9H15N.C2H4O2/c1-2-3-4-5-6-7-10(13)11-8-9-12;1-4-6-9(5-2)7-8-10-3;1-2(3)4/h9H,2-8H2,1H3,(H,11,13);4-6,10H,1-2,7-8H2,3H3;1H3,(H,3,4)/b;9-6+;. The van der Waals surface area contributed by atoms with Gasteiger partial charge in [-0.25, -0.2) is 0 Å². The molecule has 0 heterocycles. The first-order valence-corrected chi connectivity index (χ1v) is 9.37. The van der Waals surface area contributed by atoms with Gasteiger partial charge in [0.05, 0.1) is 6.54 Å². The molecule has 0 aromatic carbocycles. The minimum atomic E-state index is -0.833. The van der Waals surface area contributed by atoms with Crippen molar-refractivity contribution in [2.45, 2.75) is 58.8 Å². The van der Waals surface area contributed by atoms with E-state index in [-0.39, 0.29) is 12.5 Å². The smallest absolute Gasteiger partial charge is 0.300 e. The largest absolute Gasteiger partial charge is 0.481 e. The third-order valence-electron chi connectivity index (χ3n) is 3.15. The number of aldehydes is 1. The van der Waals surface area contributed by atoms with Crippen LogP contribution in [0.4, 0.5) is 0 Å².